The maximum atomic E-state index is 13.8. The van der Waals surface area contributed by atoms with Gasteiger partial charge in [0.05, 0.1) is 18.1 Å². The lowest BCUT2D eigenvalue weighted by Gasteiger charge is -2.43. The zero-order valence-electron chi connectivity index (χ0n) is 24.1. The molecule has 1 unspecified atom stereocenters. The van der Waals surface area contributed by atoms with Gasteiger partial charge in [-0.05, 0) is 87.9 Å². The summed E-state index contributed by atoms with van der Waals surface area (Å²) < 4.78 is 16.3. The molecule has 0 bridgehead atoms. The second-order valence-corrected chi connectivity index (χ2v) is 12.5. The highest BCUT2D eigenvalue weighted by atomic mass is 79.9. The number of amides is 3. The summed E-state index contributed by atoms with van der Waals surface area (Å²) in [4.78, 5) is 40.2. The van der Waals surface area contributed by atoms with E-state index in [1.54, 1.807) is 17.4 Å². The monoisotopic (exact) mass is 679 g/mol. The van der Waals surface area contributed by atoms with Gasteiger partial charge in [-0.1, -0.05) is 17.7 Å². The molecule has 2 aromatic heterocycles. The number of nitrogens with one attached hydrogen (secondary N) is 2. The quantitative estimate of drug-likeness (QED) is 0.295. The summed E-state index contributed by atoms with van der Waals surface area (Å²) in [6.07, 6.45) is 7.53. The molecule has 2 N–H and O–H groups in total. The third-order valence-electron chi connectivity index (χ3n) is 8.32. The number of hydrogen-bond donors (Lipinski definition) is 2. The van der Waals surface area contributed by atoms with Crippen molar-refractivity contribution in [3.05, 3.63) is 111 Å². The zero-order chi connectivity index (χ0) is 30.8. The van der Waals surface area contributed by atoms with Crippen molar-refractivity contribution >= 4 is 45.2 Å². The van der Waals surface area contributed by atoms with E-state index in [-0.39, 0.29) is 18.5 Å². The van der Waals surface area contributed by atoms with Crippen molar-refractivity contribution in [1.82, 2.24) is 29.7 Å². The number of aryl methyl sites for hydroxylation is 3. The molecule has 2 aliphatic rings. The minimum Gasteiger partial charge on any atom is -0.354 e. The van der Waals surface area contributed by atoms with E-state index in [2.05, 4.69) is 48.6 Å². The lowest BCUT2D eigenvalue weighted by atomic mass is 9.95. The first kappa shape index (κ1) is 30.2. The number of hydrogen-bond acceptors (Lipinski definition) is 5. The Kier molecular flexibility index (Phi) is 8.97. The molecule has 44 heavy (non-hydrogen) atoms. The molecular formula is C32H32BrClFN7O2. The highest BCUT2D eigenvalue weighted by molar-refractivity contribution is 9.10. The predicted octanol–water partition coefficient (Wildman–Crippen LogP) is 5.14. The maximum absolute atomic E-state index is 13.8. The van der Waals surface area contributed by atoms with E-state index in [1.807, 2.05) is 29.9 Å². The molecule has 3 amide bonds. The lowest BCUT2D eigenvalue weighted by Crippen LogP contribution is -2.62. The molecule has 9 nitrogen and oxygen atoms in total. The molecule has 4 aromatic rings. The van der Waals surface area contributed by atoms with Gasteiger partial charge in [-0.15, -0.1) is 0 Å². The fourth-order valence-corrected chi connectivity index (χ4v) is 6.65. The molecule has 1 aliphatic heterocycles. The summed E-state index contributed by atoms with van der Waals surface area (Å²) in [6, 6.07) is 12.2. The molecule has 0 spiro atoms. The van der Waals surface area contributed by atoms with Crippen LogP contribution in [0.2, 0.25) is 5.02 Å². The Morgan fingerprint density at radius 1 is 1.07 bits per heavy atom. The van der Waals surface area contributed by atoms with Gasteiger partial charge < -0.3 is 20.1 Å². The average molecular weight is 681 g/mol. The number of anilines is 1. The number of rotatable bonds is 6. The molecule has 1 saturated heterocycles. The Bertz CT molecular complexity index is 1630. The van der Waals surface area contributed by atoms with Crippen LogP contribution in [0.3, 0.4) is 0 Å². The standard InChI is InChI=1S/C32H32BrClFN7O2/c1-40-19-36-17-26(40)10-11-37-31(43)28-18-41(12-13-42(28)32(44)39-25-7-5-24(35)6-8-25)30-27-9-4-23(34)15-20(27)2-3-21-14-22(33)16-38-29(21)30/h4-9,14-17,19,28,30H,2-3,10-13,18H2,1H3,(H,37,43)(H,39,44)/t28-,30?/m1/s1. The summed E-state index contributed by atoms with van der Waals surface area (Å²) in [7, 11) is 1.91. The number of piperazine rings is 1. The van der Waals surface area contributed by atoms with Gasteiger partial charge in [0.15, 0.2) is 0 Å². The van der Waals surface area contributed by atoms with Gasteiger partial charge in [0.2, 0.25) is 5.91 Å². The Hall–Kier alpha value is -3.80. The fourth-order valence-electron chi connectivity index (χ4n) is 6.07. The molecule has 0 saturated carbocycles. The van der Waals surface area contributed by atoms with Crippen LogP contribution < -0.4 is 10.6 Å². The van der Waals surface area contributed by atoms with Gasteiger partial charge >= 0.3 is 6.03 Å². The van der Waals surface area contributed by atoms with Crippen LogP contribution in [0.5, 0.6) is 0 Å². The van der Waals surface area contributed by atoms with Crippen LogP contribution >= 0.6 is 27.5 Å². The van der Waals surface area contributed by atoms with Gasteiger partial charge in [-0.3, -0.25) is 14.7 Å². The highest BCUT2D eigenvalue weighted by Gasteiger charge is 2.40. The van der Waals surface area contributed by atoms with Crippen molar-refractivity contribution in [3.8, 4) is 0 Å². The van der Waals surface area contributed by atoms with Gasteiger partial charge in [-0.2, -0.15) is 0 Å². The van der Waals surface area contributed by atoms with Crippen molar-refractivity contribution in [1.29, 1.82) is 0 Å². The van der Waals surface area contributed by atoms with Gasteiger partial charge in [0, 0.05) is 72.9 Å². The number of pyridine rings is 1. The van der Waals surface area contributed by atoms with Gasteiger partial charge in [-0.25, -0.2) is 14.2 Å². The third kappa shape index (κ3) is 6.50. The van der Waals surface area contributed by atoms with Crippen LogP contribution in [0.1, 0.15) is 34.1 Å². The first-order valence-corrected chi connectivity index (χ1v) is 15.7. The number of carbonyl (C=O) groups is 2. The Labute approximate surface area is 268 Å². The number of aromatic nitrogens is 3. The second kappa shape index (κ2) is 13.1. The summed E-state index contributed by atoms with van der Waals surface area (Å²) >= 11 is 10.00. The minimum atomic E-state index is -0.784. The van der Waals surface area contributed by atoms with Crippen molar-refractivity contribution in [3.63, 3.8) is 0 Å². The molecule has 1 aliphatic carbocycles. The third-order valence-corrected chi connectivity index (χ3v) is 8.99. The number of halogens is 3. The highest BCUT2D eigenvalue weighted by Crippen LogP contribution is 2.38. The van der Waals surface area contributed by atoms with E-state index in [9.17, 15) is 14.0 Å². The first-order valence-electron chi connectivity index (χ1n) is 14.5. The van der Waals surface area contributed by atoms with Gasteiger partial charge in [0.25, 0.3) is 0 Å². The van der Waals surface area contributed by atoms with Crippen molar-refractivity contribution < 1.29 is 14.0 Å². The Morgan fingerprint density at radius 3 is 2.64 bits per heavy atom. The van der Waals surface area contributed by atoms with Crippen LogP contribution in [-0.2, 0) is 31.1 Å². The molecule has 1 fully saturated rings. The molecule has 3 heterocycles. The number of nitrogens with zero attached hydrogens (tertiary/aromatic N) is 5. The van der Waals surface area contributed by atoms with Crippen LogP contribution in [0.15, 0.2) is 71.7 Å². The largest absolute Gasteiger partial charge is 0.354 e. The van der Waals surface area contributed by atoms with E-state index in [0.717, 1.165) is 45.4 Å². The fraction of sp³-hybridized carbons (Fsp3) is 0.312. The van der Waals surface area contributed by atoms with Gasteiger partial charge in [0.1, 0.15) is 11.9 Å². The zero-order valence-corrected chi connectivity index (χ0v) is 26.5. The molecule has 6 rings (SSSR count). The molecule has 2 atom stereocenters. The summed E-state index contributed by atoms with van der Waals surface area (Å²) in [5.41, 5.74) is 5.75. The number of carbonyl (C=O) groups excluding carboxylic acids is 2. The average Bonchev–Trinajstić information content (AvgIpc) is 3.35. The second-order valence-electron chi connectivity index (χ2n) is 11.1. The number of urea groups is 1. The van der Waals surface area contributed by atoms with E-state index in [1.165, 1.54) is 24.3 Å². The smallest absolute Gasteiger partial charge is 0.322 e. The van der Waals surface area contributed by atoms with E-state index >= 15 is 0 Å². The van der Waals surface area contributed by atoms with Crippen LogP contribution in [0.25, 0.3) is 0 Å². The van der Waals surface area contributed by atoms with Crippen LogP contribution in [0.4, 0.5) is 14.9 Å². The Balaban J connectivity index is 1.30. The SMILES string of the molecule is Cn1cncc1CCNC(=O)[C@H]1CN(C2c3ccc(Cl)cc3CCc3cc(Br)cnc32)CCN1C(=O)Nc1ccc(F)cc1. The normalized spacial score (nSPS) is 18.2. The number of imidazole rings is 1. The molecule has 2 aromatic carbocycles. The predicted molar refractivity (Wildman–Crippen MR) is 170 cm³/mol. The van der Waals surface area contributed by atoms with E-state index < -0.39 is 17.9 Å². The summed E-state index contributed by atoms with van der Waals surface area (Å²) in [6.45, 7) is 1.50. The van der Waals surface area contributed by atoms with Crippen LogP contribution in [-0.4, -0.2) is 68.5 Å². The minimum absolute atomic E-state index is 0.222. The summed E-state index contributed by atoms with van der Waals surface area (Å²) in [5, 5.41) is 6.56. The lowest BCUT2D eigenvalue weighted by molar-refractivity contribution is -0.127. The molecule has 12 heteroatoms. The maximum Gasteiger partial charge on any atom is 0.322 e. The number of benzene rings is 2. The van der Waals surface area contributed by atoms with Crippen molar-refractivity contribution in [2.75, 3.05) is 31.5 Å². The molecule has 0 radical (unpaired) electrons. The summed E-state index contributed by atoms with van der Waals surface area (Å²) in [5.74, 6) is -0.645. The molecular weight excluding hydrogens is 649 g/mol. The topological polar surface area (TPSA) is 95.4 Å². The molecule has 228 valence electrons. The Morgan fingerprint density at radius 2 is 1.86 bits per heavy atom. The van der Waals surface area contributed by atoms with E-state index in [0.29, 0.717) is 36.8 Å². The van der Waals surface area contributed by atoms with Crippen LogP contribution in [0, 0.1) is 5.82 Å². The van der Waals surface area contributed by atoms with Crippen molar-refractivity contribution in [2.45, 2.75) is 31.3 Å². The first-order chi connectivity index (χ1) is 21.3. The van der Waals surface area contributed by atoms with E-state index in [4.69, 9.17) is 16.6 Å². The number of fused-ring (bicyclic) bond motifs is 2. The van der Waals surface area contributed by atoms with Crippen molar-refractivity contribution in [2.24, 2.45) is 7.05 Å².